The second-order valence-electron chi connectivity index (χ2n) is 5.42. The molecular weight excluding hydrogens is 278 g/mol. The number of hydrogen-bond donors (Lipinski definition) is 2. The van der Waals surface area contributed by atoms with E-state index in [1.807, 2.05) is 4.72 Å². The molecule has 2 heterocycles. The van der Waals surface area contributed by atoms with Crippen LogP contribution in [0, 0.1) is 24.2 Å². The Morgan fingerprint density at radius 1 is 1.44 bits per heavy atom. The maximum absolute atomic E-state index is 11.0. The summed E-state index contributed by atoms with van der Waals surface area (Å²) in [5, 5.41) is 9.96. The second-order valence-corrected chi connectivity index (χ2v) is 7.75. The first kappa shape index (κ1) is 14.4. The fourth-order valence-corrected chi connectivity index (χ4v) is 3.70. The van der Waals surface area contributed by atoms with E-state index in [-0.39, 0.29) is 18.1 Å². The summed E-state index contributed by atoms with van der Waals surface area (Å²) in [6.45, 7) is 4.21. The smallest absolute Gasteiger partial charge is 0.299 e. The van der Waals surface area contributed by atoms with Gasteiger partial charge in [0.15, 0.2) is 6.10 Å². The number of rotatable bonds is 4. The molecule has 0 amide bonds. The van der Waals surface area contributed by atoms with Gasteiger partial charge in [-0.15, -0.1) is 0 Å². The Bertz CT molecular complexity index is 400. The number of aliphatic hydroxyl groups excluding tert-OH is 1. The SMILES string of the molecule is CC(C)C1C[CH+][C@H]2CC(C(O)NS(=O)(=O)Cl)[C@@H]1O2. The number of aliphatic hydroxyl groups is 1. The average Bonchev–Trinajstić information content (AvgIpc) is 2.53. The highest BCUT2D eigenvalue weighted by Gasteiger charge is 2.52. The van der Waals surface area contributed by atoms with Crippen LogP contribution in [0.2, 0.25) is 0 Å². The molecule has 0 aromatic carbocycles. The summed E-state index contributed by atoms with van der Waals surface area (Å²) in [5.74, 6) is 0.491. The molecule has 3 unspecified atom stereocenters. The summed E-state index contributed by atoms with van der Waals surface area (Å²) in [6, 6.07) is 0. The first-order chi connectivity index (χ1) is 8.28. The third-order valence-electron chi connectivity index (χ3n) is 3.87. The molecule has 2 bridgehead atoms. The number of nitrogens with one attached hydrogen (secondary N) is 1. The van der Waals surface area contributed by atoms with Gasteiger partial charge in [-0.25, -0.2) is 0 Å². The molecule has 0 aromatic rings. The zero-order valence-corrected chi connectivity index (χ0v) is 12.0. The third-order valence-corrected chi connectivity index (χ3v) is 4.67. The lowest BCUT2D eigenvalue weighted by atomic mass is 9.81. The van der Waals surface area contributed by atoms with Crippen LogP contribution in [0.1, 0.15) is 26.7 Å². The summed E-state index contributed by atoms with van der Waals surface area (Å²) < 4.78 is 29.8. The quantitative estimate of drug-likeness (QED) is 0.462. The van der Waals surface area contributed by atoms with Gasteiger partial charge in [0.1, 0.15) is 12.6 Å². The minimum Gasteiger partial charge on any atom is -0.377 e. The van der Waals surface area contributed by atoms with Gasteiger partial charge >= 0.3 is 0 Å². The van der Waals surface area contributed by atoms with E-state index >= 15 is 0 Å². The van der Waals surface area contributed by atoms with Crippen molar-refractivity contribution in [3.05, 3.63) is 6.42 Å². The summed E-state index contributed by atoms with van der Waals surface area (Å²) in [7, 11) is 1.18. The van der Waals surface area contributed by atoms with Gasteiger partial charge in [0.2, 0.25) is 0 Å². The Balaban J connectivity index is 2.09. The van der Waals surface area contributed by atoms with Crippen LogP contribution in [0.3, 0.4) is 0 Å². The molecule has 2 saturated heterocycles. The zero-order chi connectivity index (χ0) is 13.5. The molecule has 5 nitrogen and oxygen atoms in total. The highest BCUT2D eigenvalue weighted by atomic mass is 35.7. The molecular formula is C11H19ClNO4S+. The number of fused-ring (bicyclic) bond motifs is 2. The van der Waals surface area contributed by atoms with Gasteiger partial charge in [0, 0.05) is 28.9 Å². The van der Waals surface area contributed by atoms with E-state index in [4.69, 9.17) is 15.4 Å². The van der Waals surface area contributed by atoms with Crippen LogP contribution in [-0.2, 0) is 14.0 Å². The average molecular weight is 297 g/mol. The molecule has 2 aliphatic heterocycles. The molecule has 7 heteroatoms. The fraction of sp³-hybridized carbons (Fsp3) is 0.909. The Kier molecular flexibility index (Phi) is 4.14. The van der Waals surface area contributed by atoms with Crippen LogP contribution in [-0.4, -0.2) is 32.0 Å². The van der Waals surface area contributed by atoms with E-state index in [0.717, 1.165) is 6.42 Å². The normalized spacial score (nSPS) is 37.6. The molecule has 0 aliphatic carbocycles. The Labute approximate surface area is 112 Å². The van der Waals surface area contributed by atoms with E-state index in [9.17, 15) is 13.5 Å². The highest BCUT2D eigenvalue weighted by Crippen LogP contribution is 2.43. The predicted octanol–water partition coefficient (Wildman–Crippen LogP) is 1.03. The van der Waals surface area contributed by atoms with Crippen molar-refractivity contribution >= 4 is 19.9 Å². The van der Waals surface area contributed by atoms with Gasteiger partial charge in [0.25, 0.3) is 9.24 Å². The van der Waals surface area contributed by atoms with Crippen LogP contribution < -0.4 is 4.72 Å². The Morgan fingerprint density at radius 2 is 2.11 bits per heavy atom. The van der Waals surface area contributed by atoms with Gasteiger partial charge in [-0.2, -0.15) is 13.1 Å². The van der Waals surface area contributed by atoms with Crippen molar-refractivity contribution in [2.24, 2.45) is 17.8 Å². The number of halogens is 1. The van der Waals surface area contributed by atoms with Crippen LogP contribution in [0.15, 0.2) is 0 Å². The van der Waals surface area contributed by atoms with E-state index in [0.29, 0.717) is 18.3 Å². The minimum atomic E-state index is -3.92. The van der Waals surface area contributed by atoms with Gasteiger partial charge in [-0.1, -0.05) is 13.8 Å². The van der Waals surface area contributed by atoms with Gasteiger partial charge < -0.3 is 9.84 Å². The number of ether oxygens (including phenoxy) is 1. The fourth-order valence-electron chi connectivity index (χ4n) is 2.97. The standard InChI is InChI=1S/C11H19ClNO4S/c1-6(2)8-4-3-7-5-9(10(8)17-7)11(14)13-18(12,15)16/h3,6-11,13-14H,4-5H2,1-2H3/q+1/t7-,8?,9?,10+,11?/m0/s1. The lowest BCUT2D eigenvalue weighted by molar-refractivity contribution is -0.0530. The lowest BCUT2D eigenvalue weighted by Gasteiger charge is -2.31. The summed E-state index contributed by atoms with van der Waals surface area (Å²) in [6.07, 6.45) is 2.42. The lowest BCUT2D eigenvalue weighted by Crippen LogP contribution is -2.44. The van der Waals surface area contributed by atoms with Crippen molar-refractivity contribution < 1.29 is 18.3 Å². The van der Waals surface area contributed by atoms with Gasteiger partial charge in [-0.05, 0) is 5.92 Å². The van der Waals surface area contributed by atoms with Crippen molar-refractivity contribution in [2.75, 3.05) is 0 Å². The highest BCUT2D eigenvalue weighted by molar-refractivity contribution is 8.12. The molecule has 0 radical (unpaired) electrons. The molecule has 2 aliphatic rings. The first-order valence-corrected chi connectivity index (χ1v) is 8.47. The molecule has 104 valence electrons. The molecule has 5 atom stereocenters. The summed E-state index contributed by atoms with van der Waals surface area (Å²) in [4.78, 5) is 0. The van der Waals surface area contributed by atoms with E-state index in [1.54, 1.807) is 0 Å². The largest absolute Gasteiger partial charge is 0.377 e. The Hall–Kier alpha value is -0.0100. The van der Waals surface area contributed by atoms with Crippen LogP contribution in [0.25, 0.3) is 0 Å². The van der Waals surface area contributed by atoms with E-state index in [2.05, 4.69) is 20.3 Å². The van der Waals surface area contributed by atoms with Gasteiger partial charge in [0.05, 0.1) is 12.5 Å². The topological polar surface area (TPSA) is 75.6 Å². The molecule has 0 spiro atoms. The zero-order valence-electron chi connectivity index (χ0n) is 10.4. The minimum absolute atomic E-state index is 0.0180. The second kappa shape index (κ2) is 5.17. The summed E-state index contributed by atoms with van der Waals surface area (Å²) in [5.41, 5.74) is 0. The maximum Gasteiger partial charge on any atom is 0.299 e. The molecule has 2 rings (SSSR count). The Morgan fingerprint density at radius 3 is 2.67 bits per heavy atom. The molecule has 2 fully saturated rings. The molecule has 2 N–H and O–H groups in total. The molecule has 0 saturated carbocycles. The third kappa shape index (κ3) is 3.11. The van der Waals surface area contributed by atoms with Crippen molar-refractivity contribution in [3.8, 4) is 0 Å². The molecule has 18 heavy (non-hydrogen) atoms. The van der Waals surface area contributed by atoms with Crippen LogP contribution in [0.4, 0.5) is 0 Å². The van der Waals surface area contributed by atoms with Crippen molar-refractivity contribution in [3.63, 3.8) is 0 Å². The van der Waals surface area contributed by atoms with Crippen molar-refractivity contribution in [1.29, 1.82) is 0 Å². The number of hydrogen-bond acceptors (Lipinski definition) is 4. The summed E-state index contributed by atoms with van der Waals surface area (Å²) >= 11 is 0. The van der Waals surface area contributed by atoms with Crippen LogP contribution in [0.5, 0.6) is 0 Å². The first-order valence-electron chi connectivity index (χ1n) is 6.16. The maximum atomic E-state index is 11.0. The van der Waals surface area contributed by atoms with Gasteiger partial charge in [-0.3, -0.25) is 0 Å². The monoisotopic (exact) mass is 296 g/mol. The van der Waals surface area contributed by atoms with E-state index in [1.165, 1.54) is 0 Å². The van der Waals surface area contributed by atoms with Crippen molar-refractivity contribution in [1.82, 2.24) is 4.72 Å². The molecule has 0 aromatic heterocycles. The predicted molar refractivity (Wildman–Crippen MR) is 67.9 cm³/mol. The van der Waals surface area contributed by atoms with E-state index < -0.39 is 15.5 Å². The van der Waals surface area contributed by atoms with Crippen LogP contribution >= 0.6 is 10.7 Å². The van der Waals surface area contributed by atoms with Crippen molar-refractivity contribution in [2.45, 2.75) is 45.1 Å².